The molecule has 0 bridgehead atoms. The molecule has 4 N–H and O–H groups in total. The summed E-state index contributed by atoms with van der Waals surface area (Å²) in [4.78, 5) is 47.9. The number of hydrogen-bond donors (Lipinski definition) is 3. The minimum absolute atomic E-state index is 0.560. The van der Waals surface area contributed by atoms with Crippen LogP contribution in [0.25, 0.3) is 12.4 Å². The van der Waals surface area contributed by atoms with E-state index < -0.39 is 51.5 Å². The van der Waals surface area contributed by atoms with E-state index in [1.807, 2.05) is 0 Å². The fourth-order valence-corrected chi connectivity index (χ4v) is 2.69. The first-order valence-electron chi connectivity index (χ1n) is 7.06. The van der Waals surface area contributed by atoms with Gasteiger partial charge in [0.2, 0.25) is 5.91 Å². The predicted octanol–water partition coefficient (Wildman–Crippen LogP) is -2.79. The number of aliphatic hydroxyl groups is 1. The van der Waals surface area contributed by atoms with Gasteiger partial charge in [0.15, 0.2) is 0 Å². The van der Waals surface area contributed by atoms with Gasteiger partial charge in [-0.3, -0.25) is 14.4 Å². The van der Waals surface area contributed by atoms with Crippen LogP contribution in [0.2, 0.25) is 0 Å². The largest absolute Gasteiger partial charge is 0.378 e. The predicted molar refractivity (Wildman–Crippen MR) is 92.6 cm³/mol. The number of hydrazine groups is 1. The van der Waals surface area contributed by atoms with Gasteiger partial charge in [-0.25, -0.2) is 33.9 Å². The first-order valence-corrected chi connectivity index (χ1v) is 8.44. The molecule has 2 atom stereocenters. The van der Waals surface area contributed by atoms with Gasteiger partial charge in [0, 0.05) is 12.4 Å². The van der Waals surface area contributed by atoms with Gasteiger partial charge in [-0.1, -0.05) is 12.2 Å². The smallest absolute Gasteiger partial charge is 0.344 e. The molecule has 0 aliphatic heterocycles. The normalized spacial score (nSPS) is 14.1. The van der Waals surface area contributed by atoms with Gasteiger partial charge in [-0.15, -0.1) is 0 Å². The van der Waals surface area contributed by atoms with Crippen LogP contribution < -0.4 is 28.3 Å². The molecule has 0 radical (unpaired) electrons. The van der Waals surface area contributed by atoms with E-state index in [1.165, 1.54) is 12.2 Å². The molecule has 2 unspecified atom stereocenters. The molecule has 12 heteroatoms. The third kappa shape index (κ3) is 4.71. The van der Waals surface area contributed by atoms with Gasteiger partial charge >= 0.3 is 17.1 Å². The monoisotopic (exact) mass is 373 g/mol. The highest BCUT2D eigenvalue weighted by Crippen LogP contribution is 1.95. The number of carbonyl (C=O) groups excluding carboxylic acids is 1. The Labute approximate surface area is 144 Å². The van der Waals surface area contributed by atoms with E-state index >= 15 is 0 Å². The lowest BCUT2D eigenvalue weighted by molar-refractivity contribution is -0.118. The zero-order chi connectivity index (χ0) is 19.1. The third-order valence-corrected chi connectivity index (χ3v) is 4.26. The number of amides is 1. The number of aliphatic hydroxyl groups excluding tert-OH is 1. The second-order valence-corrected chi connectivity index (χ2v) is 6.30. The first kappa shape index (κ1) is 20.5. The van der Waals surface area contributed by atoms with E-state index in [-0.39, 0.29) is 0 Å². The van der Waals surface area contributed by atoms with Crippen LogP contribution in [0.1, 0.15) is 13.8 Å². The molecule has 1 aromatic heterocycles. The van der Waals surface area contributed by atoms with E-state index in [4.69, 9.17) is 5.84 Å². The summed E-state index contributed by atoms with van der Waals surface area (Å²) in [7, 11) is -2.11. The molecule has 0 saturated carbocycles. The first-order chi connectivity index (χ1) is 11.8. The summed E-state index contributed by atoms with van der Waals surface area (Å²) in [5, 5.41) is 9.92. The average Bonchev–Trinajstić information content (AvgIpc) is 2.58. The standard InChI is InChI=1S/C13H19N5O6S/c1-3-5-16-11(21)17(6-4-2)13(23)18(12(16)22)7-10(20)25(24)8-9(19)15-14/h3-6,10,20H,7-8,14H2,1-2H3,(H,15,19)/b5-3+,6-4+. The molecule has 0 spiro atoms. The number of nitrogens with one attached hydrogen (secondary N) is 1. The highest BCUT2D eigenvalue weighted by Gasteiger charge is 2.21. The van der Waals surface area contributed by atoms with Crippen molar-refractivity contribution < 1.29 is 14.1 Å². The minimum atomic E-state index is -2.11. The average molecular weight is 373 g/mol. The van der Waals surface area contributed by atoms with Crippen molar-refractivity contribution in [2.24, 2.45) is 5.84 Å². The SMILES string of the molecule is C/C=C/n1c(=O)n(/C=C/C)c(=O)n(CC(O)S(=O)CC(=O)NN)c1=O. The van der Waals surface area contributed by atoms with E-state index in [1.54, 1.807) is 19.3 Å². The highest BCUT2D eigenvalue weighted by molar-refractivity contribution is 7.86. The van der Waals surface area contributed by atoms with Crippen molar-refractivity contribution in [2.45, 2.75) is 25.8 Å². The Kier molecular flexibility index (Phi) is 7.42. The zero-order valence-corrected chi connectivity index (χ0v) is 14.4. The lowest BCUT2D eigenvalue weighted by Crippen LogP contribution is -2.53. The molecule has 0 aliphatic carbocycles. The van der Waals surface area contributed by atoms with Crippen molar-refractivity contribution in [1.82, 2.24) is 19.1 Å². The quantitative estimate of drug-likeness (QED) is 0.265. The molecule has 1 aromatic rings. The van der Waals surface area contributed by atoms with Gasteiger partial charge in [0.05, 0.1) is 17.3 Å². The molecule has 25 heavy (non-hydrogen) atoms. The van der Waals surface area contributed by atoms with E-state index in [0.29, 0.717) is 13.7 Å². The van der Waals surface area contributed by atoms with Crippen LogP contribution in [0.4, 0.5) is 0 Å². The summed E-state index contributed by atoms with van der Waals surface area (Å²) < 4.78 is 13.8. The number of nitrogens with zero attached hydrogens (tertiary/aromatic N) is 3. The summed E-state index contributed by atoms with van der Waals surface area (Å²) in [6.45, 7) is 2.46. The Bertz CT molecular complexity index is 843. The maximum Gasteiger partial charge on any atom is 0.344 e. The number of carbonyl (C=O) groups is 1. The van der Waals surface area contributed by atoms with Gasteiger partial charge in [-0.2, -0.15) is 0 Å². The van der Waals surface area contributed by atoms with Crippen LogP contribution in [0, 0.1) is 0 Å². The molecule has 0 aromatic carbocycles. The van der Waals surface area contributed by atoms with Crippen LogP contribution in [-0.2, 0) is 22.1 Å². The van der Waals surface area contributed by atoms with Gasteiger partial charge < -0.3 is 5.11 Å². The molecule has 1 amide bonds. The molecule has 0 fully saturated rings. The Morgan fingerprint density at radius 3 is 2.04 bits per heavy atom. The summed E-state index contributed by atoms with van der Waals surface area (Å²) in [5.74, 6) is 3.48. The van der Waals surface area contributed by atoms with Crippen LogP contribution in [0.15, 0.2) is 26.5 Å². The van der Waals surface area contributed by atoms with Crippen molar-refractivity contribution >= 4 is 29.1 Å². The third-order valence-electron chi connectivity index (χ3n) is 2.96. The second-order valence-electron chi connectivity index (χ2n) is 4.71. The van der Waals surface area contributed by atoms with Gasteiger partial charge in [0.1, 0.15) is 11.2 Å². The summed E-state index contributed by atoms with van der Waals surface area (Å²) in [6.07, 6.45) is 5.15. The molecule has 1 rings (SSSR count). The molecule has 11 nitrogen and oxygen atoms in total. The van der Waals surface area contributed by atoms with Crippen LogP contribution in [0.5, 0.6) is 0 Å². The molecule has 0 aliphatic rings. The Balaban J connectivity index is 3.43. The van der Waals surface area contributed by atoms with Crippen LogP contribution in [-0.4, -0.2) is 40.1 Å². The number of rotatable bonds is 7. The summed E-state index contributed by atoms with van der Waals surface area (Å²) in [6, 6.07) is 0. The van der Waals surface area contributed by atoms with Crippen molar-refractivity contribution in [3.05, 3.63) is 43.6 Å². The zero-order valence-electron chi connectivity index (χ0n) is 13.6. The van der Waals surface area contributed by atoms with Crippen molar-refractivity contribution in [1.29, 1.82) is 0 Å². The molecular formula is C13H19N5O6S. The topological polar surface area (TPSA) is 158 Å². The molecular weight excluding hydrogens is 354 g/mol. The second kappa shape index (κ2) is 9.05. The fraction of sp³-hybridized carbons (Fsp3) is 0.385. The van der Waals surface area contributed by atoms with Crippen molar-refractivity contribution in [3.8, 4) is 0 Å². The maximum atomic E-state index is 12.3. The molecule has 138 valence electrons. The minimum Gasteiger partial charge on any atom is -0.378 e. The summed E-state index contributed by atoms with van der Waals surface area (Å²) >= 11 is 0. The number of hydrogen-bond acceptors (Lipinski definition) is 7. The van der Waals surface area contributed by atoms with E-state index in [9.17, 15) is 28.5 Å². The van der Waals surface area contributed by atoms with Crippen LogP contribution >= 0.6 is 0 Å². The van der Waals surface area contributed by atoms with Crippen molar-refractivity contribution in [2.75, 3.05) is 5.75 Å². The summed E-state index contributed by atoms with van der Waals surface area (Å²) in [5.41, 5.74) is -2.84. The van der Waals surface area contributed by atoms with Gasteiger partial charge in [0.25, 0.3) is 0 Å². The number of allylic oxidation sites excluding steroid dienone is 2. The van der Waals surface area contributed by atoms with Gasteiger partial charge in [-0.05, 0) is 13.8 Å². The van der Waals surface area contributed by atoms with Crippen molar-refractivity contribution in [3.63, 3.8) is 0 Å². The highest BCUT2D eigenvalue weighted by atomic mass is 32.2. The molecule has 0 saturated heterocycles. The number of nitrogens with two attached hydrogens (primary N) is 1. The van der Waals surface area contributed by atoms with E-state index in [2.05, 4.69) is 0 Å². The maximum absolute atomic E-state index is 12.3. The fourth-order valence-electron chi connectivity index (χ4n) is 1.84. The lowest BCUT2D eigenvalue weighted by atomic mass is 10.6. The molecule has 1 heterocycles. The van der Waals surface area contributed by atoms with E-state index in [0.717, 1.165) is 12.4 Å². The Hall–Kier alpha value is -2.57. The Morgan fingerprint density at radius 2 is 1.64 bits per heavy atom. The van der Waals surface area contributed by atoms with Crippen LogP contribution in [0.3, 0.4) is 0 Å². The Morgan fingerprint density at radius 1 is 1.16 bits per heavy atom. The number of aromatic nitrogens is 3. The lowest BCUT2D eigenvalue weighted by Gasteiger charge is -2.13.